The second-order valence-electron chi connectivity index (χ2n) is 3.49. The highest BCUT2D eigenvalue weighted by atomic mass is 35.5. The van der Waals surface area contributed by atoms with Gasteiger partial charge in [0.1, 0.15) is 4.83 Å². The highest BCUT2D eigenvalue weighted by Crippen LogP contribution is 2.25. The number of rotatable bonds is 2. The molecule has 0 unspecified atom stereocenters. The van der Waals surface area contributed by atoms with Crippen LogP contribution in [0.5, 0.6) is 0 Å². The lowest BCUT2D eigenvalue weighted by Gasteiger charge is -2.02. The number of nitrogens with two attached hydrogens (primary N) is 1. The van der Waals surface area contributed by atoms with E-state index < -0.39 is 5.91 Å². The van der Waals surface area contributed by atoms with Crippen molar-refractivity contribution in [2.24, 2.45) is 5.73 Å². The zero-order valence-electron chi connectivity index (χ0n) is 8.87. The number of carbonyl (C=O) groups excluding carboxylic acids is 1. The molecule has 0 saturated heterocycles. The highest BCUT2D eigenvalue weighted by molar-refractivity contribution is 7.16. The maximum atomic E-state index is 11.0. The lowest BCUT2D eigenvalue weighted by molar-refractivity contribution is 0.100. The maximum Gasteiger partial charge on any atom is 0.251 e. The number of hydrogen-bond donors (Lipinski definition) is 1. The van der Waals surface area contributed by atoms with Gasteiger partial charge in [0, 0.05) is 6.20 Å². The number of thiophene rings is 1. The normalized spacial score (nSPS) is 10.9. The van der Waals surface area contributed by atoms with Gasteiger partial charge in [0.05, 0.1) is 17.1 Å². The first-order chi connectivity index (χ1) is 8.65. The molecule has 1 amide bonds. The van der Waals surface area contributed by atoms with Crippen LogP contribution in [0.1, 0.15) is 10.4 Å². The second kappa shape index (κ2) is 4.04. The number of halogens is 1. The fraction of sp³-hybridized carbons (Fsp3) is 0. The molecule has 3 heterocycles. The Balaban J connectivity index is 2.23. The minimum atomic E-state index is -0.539. The number of aromatic nitrogens is 4. The van der Waals surface area contributed by atoms with Gasteiger partial charge in [0.2, 0.25) is 5.28 Å². The standard InChI is InChI=1S/C10H6ClN5OS/c11-10-14-8(6-1-2-18-9(6)15-10)16-4-5(3-13-16)7(12)17/h1-4H,(H2,12,17). The molecular weight excluding hydrogens is 274 g/mol. The Bertz CT molecular complexity index is 750. The van der Waals surface area contributed by atoms with Crippen LogP contribution in [0.15, 0.2) is 23.8 Å². The first kappa shape index (κ1) is 11.1. The Hall–Kier alpha value is -1.99. The number of hydrogen-bond acceptors (Lipinski definition) is 5. The van der Waals surface area contributed by atoms with Gasteiger partial charge in [-0.2, -0.15) is 10.1 Å². The predicted molar refractivity (Wildman–Crippen MR) is 68.1 cm³/mol. The summed E-state index contributed by atoms with van der Waals surface area (Å²) in [5, 5.41) is 6.89. The Morgan fingerprint density at radius 3 is 3.00 bits per heavy atom. The first-order valence-electron chi connectivity index (χ1n) is 4.91. The summed E-state index contributed by atoms with van der Waals surface area (Å²) < 4.78 is 1.46. The summed E-state index contributed by atoms with van der Waals surface area (Å²) in [6.07, 6.45) is 2.90. The molecule has 0 radical (unpaired) electrons. The quantitative estimate of drug-likeness (QED) is 0.722. The van der Waals surface area contributed by atoms with E-state index in [1.165, 1.54) is 28.4 Å². The van der Waals surface area contributed by atoms with Crippen LogP contribution in [0, 0.1) is 0 Å². The molecule has 0 aliphatic rings. The summed E-state index contributed by atoms with van der Waals surface area (Å²) in [5.74, 6) is -0.0123. The molecule has 8 heteroatoms. The Kier molecular flexibility index (Phi) is 2.49. The molecule has 0 aliphatic heterocycles. The van der Waals surface area contributed by atoms with Crippen molar-refractivity contribution in [1.29, 1.82) is 0 Å². The van der Waals surface area contributed by atoms with Crippen molar-refractivity contribution in [2.45, 2.75) is 0 Å². The molecule has 0 saturated carbocycles. The topological polar surface area (TPSA) is 86.7 Å². The van der Waals surface area contributed by atoms with E-state index in [-0.39, 0.29) is 5.28 Å². The zero-order valence-corrected chi connectivity index (χ0v) is 10.4. The van der Waals surface area contributed by atoms with E-state index >= 15 is 0 Å². The van der Waals surface area contributed by atoms with Crippen molar-refractivity contribution in [1.82, 2.24) is 19.7 Å². The van der Waals surface area contributed by atoms with E-state index in [4.69, 9.17) is 17.3 Å². The van der Waals surface area contributed by atoms with Crippen LogP contribution in [-0.4, -0.2) is 25.7 Å². The number of carbonyl (C=O) groups is 1. The maximum absolute atomic E-state index is 11.0. The lowest BCUT2D eigenvalue weighted by atomic mass is 10.3. The number of amides is 1. The van der Waals surface area contributed by atoms with Gasteiger partial charge in [0.15, 0.2) is 5.82 Å². The minimum Gasteiger partial charge on any atom is -0.366 e. The van der Waals surface area contributed by atoms with Gasteiger partial charge in [-0.05, 0) is 23.0 Å². The Labute approximate surface area is 110 Å². The van der Waals surface area contributed by atoms with Crippen LogP contribution < -0.4 is 5.73 Å². The fourth-order valence-electron chi connectivity index (χ4n) is 1.55. The van der Waals surface area contributed by atoms with Gasteiger partial charge in [-0.1, -0.05) is 0 Å². The molecule has 3 aromatic rings. The molecule has 0 spiro atoms. The molecule has 18 heavy (non-hydrogen) atoms. The van der Waals surface area contributed by atoms with E-state index in [1.54, 1.807) is 0 Å². The summed E-state index contributed by atoms with van der Waals surface area (Å²) in [6, 6.07) is 1.87. The summed E-state index contributed by atoms with van der Waals surface area (Å²) in [5.41, 5.74) is 5.49. The minimum absolute atomic E-state index is 0.135. The molecule has 90 valence electrons. The van der Waals surface area contributed by atoms with Crippen LogP contribution in [0.4, 0.5) is 0 Å². The molecule has 3 rings (SSSR count). The molecule has 0 fully saturated rings. The van der Waals surface area contributed by atoms with Crippen LogP contribution in [-0.2, 0) is 0 Å². The second-order valence-corrected chi connectivity index (χ2v) is 4.73. The SMILES string of the molecule is NC(=O)c1cnn(-c2nc(Cl)nc3sccc23)c1. The van der Waals surface area contributed by atoms with Crippen molar-refractivity contribution in [3.8, 4) is 5.82 Å². The van der Waals surface area contributed by atoms with E-state index in [1.807, 2.05) is 11.4 Å². The highest BCUT2D eigenvalue weighted by Gasteiger charge is 2.12. The number of primary amides is 1. The smallest absolute Gasteiger partial charge is 0.251 e. The van der Waals surface area contributed by atoms with Gasteiger partial charge >= 0.3 is 0 Å². The van der Waals surface area contributed by atoms with Gasteiger partial charge < -0.3 is 5.73 Å². The third kappa shape index (κ3) is 1.73. The zero-order chi connectivity index (χ0) is 12.7. The summed E-state index contributed by atoms with van der Waals surface area (Å²) >= 11 is 7.31. The summed E-state index contributed by atoms with van der Waals surface area (Å²) in [7, 11) is 0. The van der Waals surface area contributed by atoms with Crippen LogP contribution >= 0.6 is 22.9 Å². The van der Waals surface area contributed by atoms with Gasteiger partial charge in [-0.25, -0.2) is 9.67 Å². The largest absolute Gasteiger partial charge is 0.366 e. The van der Waals surface area contributed by atoms with Crippen molar-refractivity contribution in [3.05, 3.63) is 34.7 Å². The fourth-order valence-corrected chi connectivity index (χ4v) is 2.53. The molecule has 0 aromatic carbocycles. The molecule has 3 aromatic heterocycles. The Morgan fingerprint density at radius 2 is 2.28 bits per heavy atom. The van der Waals surface area contributed by atoms with Crippen molar-refractivity contribution >= 4 is 39.1 Å². The molecule has 0 aliphatic carbocycles. The molecule has 0 atom stereocenters. The van der Waals surface area contributed by atoms with E-state index in [0.29, 0.717) is 11.4 Å². The predicted octanol–water partition coefficient (Wildman–Crippen LogP) is 1.63. The van der Waals surface area contributed by atoms with Gasteiger partial charge in [-0.15, -0.1) is 11.3 Å². The average molecular weight is 280 g/mol. The van der Waals surface area contributed by atoms with Crippen LogP contribution in [0.25, 0.3) is 16.0 Å². The third-order valence-corrected chi connectivity index (χ3v) is 3.34. The van der Waals surface area contributed by atoms with E-state index in [9.17, 15) is 4.79 Å². The summed E-state index contributed by atoms with van der Waals surface area (Å²) in [4.78, 5) is 20.0. The van der Waals surface area contributed by atoms with Crippen molar-refractivity contribution < 1.29 is 4.79 Å². The van der Waals surface area contributed by atoms with E-state index in [2.05, 4.69) is 15.1 Å². The molecule has 6 nitrogen and oxygen atoms in total. The number of fused-ring (bicyclic) bond motifs is 1. The molecule has 2 N–H and O–H groups in total. The molecular formula is C10H6ClN5OS. The summed E-state index contributed by atoms with van der Waals surface area (Å²) in [6.45, 7) is 0. The first-order valence-corrected chi connectivity index (χ1v) is 6.16. The van der Waals surface area contributed by atoms with Crippen molar-refractivity contribution in [3.63, 3.8) is 0 Å². The Morgan fingerprint density at radius 1 is 1.44 bits per heavy atom. The van der Waals surface area contributed by atoms with Crippen molar-refractivity contribution in [2.75, 3.05) is 0 Å². The van der Waals surface area contributed by atoms with Crippen LogP contribution in [0.3, 0.4) is 0 Å². The molecule has 0 bridgehead atoms. The van der Waals surface area contributed by atoms with Crippen LogP contribution in [0.2, 0.25) is 5.28 Å². The third-order valence-electron chi connectivity index (χ3n) is 2.36. The van der Waals surface area contributed by atoms with E-state index in [0.717, 1.165) is 10.2 Å². The lowest BCUT2D eigenvalue weighted by Crippen LogP contribution is -2.09. The average Bonchev–Trinajstić information content (AvgIpc) is 2.95. The van der Waals surface area contributed by atoms with Gasteiger partial charge in [-0.3, -0.25) is 4.79 Å². The van der Waals surface area contributed by atoms with Gasteiger partial charge in [0.25, 0.3) is 5.91 Å². The number of nitrogens with zero attached hydrogens (tertiary/aromatic N) is 4. The monoisotopic (exact) mass is 279 g/mol.